The maximum Gasteiger partial charge on any atom is 0.326 e. The Kier molecular flexibility index (Phi) is 8.44. The van der Waals surface area contributed by atoms with Gasteiger partial charge in [0, 0.05) is 19.6 Å². The molecule has 7 N–H and O–H groups in total. The number of ether oxygens (including phenoxy) is 1. The van der Waals surface area contributed by atoms with Crippen LogP contribution in [0.15, 0.2) is 17.6 Å². The number of esters is 1. The van der Waals surface area contributed by atoms with Crippen molar-refractivity contribution in [2.75, 3.05) is 55.3 Å². The van der Waals surface area contributed by atoms with Gasteiger partial charge in [-0.2, -0.15) is 4.98 Å². The minimum atomic E-state index is -4.23. The summed E-state index contributed by atoms with van der Waals surface area (Å²) in [6.07, 6.45) is 0.960. The topological polar surface area (TPSA) is 188 Å². The molecule has 0 saturated heterocycles. The summed E-state index contributed by atoms with van der Waals surface area (Å²) >= 11 is 0. The molecule has 13 heteroatoms. The van der Waals surface area contributed by atoms with Gasteiger partial charge in [-0.1, -0.05) is 6.58 Å². The number of aromatic amines is 1. The summed E-state index contributed by atoms with van der Waals surface area (Å²) in [5.74, 6) is -0.551. The number of hydrogen-bond acceptors (Lipinski definition) is 9. The van der Waals surface area contributed by atoms with Crippen molar-refractivity contribution >= 4 is 31.0 Å². The van der Waals surface area contributed by atoms with Gasteiger partial charge in [0.15, 0.2) is 5.82 Å². The highest BCUT2D eigenvalue weighted by atomic mass is 31.2. The van der Waals surface area contributed by atoms with E-state index in [-0.39, 0.29) is 50.2 Å². The summed E-state index contributed by atoms with van der Waals surface area (Å²) in [6, 6.07) is 0. The van der Waals surface area contributed by atoms with E-state index in [9.17, 15) is 14.2 Å². The minimum Gasteiger partial charge on any atom is -0.465 e. The molecule has 0 fully saturated rings. The zero-order chi connectivity index (χ0) is 20.6. The van der Waals surface area contributed by atoms with E-state index in [1.165, 1.54) is 16.0 Å². The number of nitrogen functional groups attached to an aromatic ring is 2. The normalized spacial score (nSPS) is 11.4. The SMILES string of the molecule is C=CN(CCN(CCP(=O)(O)O)CC(=O)OCC)c1nc(N)[nH]c(=O)c1N. The summed E-state index contributed by atoms with van der Waals surface area (Å²) in [6.45, 7) is 5.67. The quantitative estimate of drug-likeness (QED) is 0.223. The van der Waals surface area contributed by atoms with Crippen molar-refractivity contribution < 1.29 is 23.9 Å². The first-order valence-corrected chi connectivity index (χ1v) is 9.84. The van der Waals surface area contributed by atoms with Crippen LogP contribution in [-0.4, -0.2) is 69.6 Å². The predicted molar refractivity (Wildman–Crippen MR) is 101 cm³/mol. The van der Waals surface area contributed by atoms with Crippen LogP contribution in [0.25, 0.3) is 0 Å². The van der Waals surface area contributed by atoms with Gasteiger partial charge in [0.2, 0.25) is 5.95 Å². The fraction of sp³-hybridized carbons (Fsp3) is 0.500. The number of nitrogens with zero attached hydrogens (tertiary/aromatic N) is 3. The minimum absolute atomic E-state index is 0.0332. The lowest BCUT2D eigenvalue weighted by Crippen LogP contribution is -2.39. The largest absolute Gasteiger partial charge is 0.465 e. The van der Waals surface area contributed by atoms with Crippen LogP contribution in [0.1, 0.15) is 6.92 Å². The first-order chi connectivity index (χ1) is 12.6. The second kappa shape index (κ2) is 10.1. The van der Waals surface area contributed by atoms with Crippen LogP contribution in [-0.2, 0) is 14.1 Å². The molecule has 0 bridgehead atoms. The van der Waals surface area contributed by atoms with Gasteiger partial charge in [-0.15, -0.1) is 0 Å². The standard InChI is InChI=1S/C14H25N6O6P/c1-3-20(12-11(15)13(22)18-14(16)17-12)6-5-19(7-8-27(23,24)25)9-10(21)26-4-2/h3H,1,4-9,15H2,2H3,(H2,23,24,25)(H3,16,17,18,22). The van der Waals surface area contributed by atoms with Crippen LogP contribution >= 0.6 is 7.60 Å². The van der Waals surface area contributed by atoms with E-state index in [2.05, 4.69) is 16.5 Å². The molecule has 1 heterocycles. The summed E-state index contributed by atoms with van der Waals surface area (Å²) in [7, 11) is -4.23. The Morgan fingerprint density at radius 1 is 1.37 bits per heavy atom. The van der Waals surface area contributed by atoms with Gasteiger partial charge in [0.05, 0.1) is 19.3 Å². The Bertz CT molecular complexity index is 763. The van der Waals surface area contributed by atoms with Crippen LogP contribution in [0.5, 0.6) is 0 Å². The van der Waals surface area contributed by atoms with Crippen LogP contribution in [0.4, 0.5) is 17.5 Å². The lowest BCUT2D eigenvalue weighted by atomic mass is 10.4. The molecule has 1 aromatic heterocycles. The number of nitrogens with one attached hydrogen (secondary N) is 1. The van der Waals surface area contributed by atoms with E-state index >= 15 is 0 Å². The fourth-order valence-corrected chi connectivity index (χ4v) is 2.71. The molecule has 27 heavy (non-hydrogen) atoms. The highest BCUT2D eigenvalue weighted by Crippen LogP contribution is 2.33. The number of nitrogens with two attached hydrogens (primary N) is 2. The third-order valence-corrected chi connectivity index (χ3v) is 4.25. The monoisotopic (exact) mass is 404 g/mol. The molecule has 0 amide bonds. The Balaban J connectivity index is 2.89. The number of carbonyl (C=O) groups excluding carboxylic acids is 1. The third kappa shape index (κ3) is 7.79. The van der Waals surface area contributed by atoms with Gasteiger partial charge < -0.3 is 30.9 Å². The lowest BCUT2D eigenvalue weighted by Gasteiger charge is -2.26. The van der Waals surface area contributed by atoms with Crippen LogP contribution in [0.2, 0.25) is 0 Å². The summed E-state index contributed by atoms with van der Waals surface area (Å²) in [5, 5.41) is 0. The van der Waals surface area contributed by atoms with Gasteiger partial charge >= 0.3 is 13.6 Å². The molecule has 0 spiro atoms. The average Bonchev–Trinajstić information content (AvgIpc) is 2.56. The molecule has 12 nitrogen and oxygen atoms in total. The molecule has 0 aliphatic carbocycles. The third-order valence-electron chi connectivity index (χ3n) is 3.47. The molecular formula is C14H25N6O6P. The zero-order valence-corrected chi connectivity index (χ0v) is 15.9. The Morgan fingerprint density at radius 2 is 2.04 bits per heavy atom. The Labute approximate surface area is 156 Å². The number of hydrogen-bond donors (Lipinski definition) is 5. The van der Waals surface area contributed by atoms with Gasteiger partial charge in [0.25, 0.3) is 5.56 Å². The van der Waals surface area contributed by atoms with E-state index in [0.717, 1.165) is 0 Å². The molecule has 0 aromatic carbocycles. The fourth-order valence-electron chi connectivity index (χ4n) is 2.17. The maximum atomic E-state index is 11.7. The molecule has 152 valence electrons. The summed E-state index contributed by atoms with van der Waals surface area (Å²) in [4.78, 5) is 50.8. The molecule has 0 radical (unpaired) electrons. The number of aromatic nitrogens is 2. The number of carbonyl (C=O) groups is 1. The maximum absolute atomic E-state index is 11.7. The van der Waals surface area contributed by atoms with E-state index in [1.807, 2.05) is 0 Å². The molecule has 1 rings (SSSR count). The van der Waals surface area contributed by atoms with Gasteiger partial charge in [-0.25, -0.2) is 0 Å². The van der Waals surface area contributed by atoms with Crippen molar-refractivity contribution in [1.82, 2.24) is 14.9 Å². The molecule has 0 aliphatic heterocycles. The lowest BCUT2D eigenvalue weighted by molar-refractivity contribution is -0.144. The highest BCUT2D eigenvalue weighted by Gasteiger charge is 2.20. The van der Waals surface area contributed by atoms with Crippen LogP contribution < -0.4 is 21.9 Å². The van der Waals surface area contributed by atoms with Crippen LogP contribution in [0, 0.1) is 0 Å². The van der Waals surface area contributed by atoms with Gasteiger partial charge in [-0.05, 0) is 13.1 Å². The zero-order valence-electron chi connectivity index (χ0n) is 15.0. The molecule has 0 unspecified atom stereocenters. The second-order valence-corrected chi connectivity index (χ2v) is 7.31. The summed E-state index contributed by atoms with van der Waals surface area (Å²) in [5.41, 5.74) is 10.5. The van der Waals surface area contributed by atoms with Crippen molar-refractivity contribution in [3.63, 3.8) is 0 Å². The molecular weight excluding hydrogens is 379 g/mol. The van der Waals surface area contributed by atoms with E-state index in [4.69, 9.17) is 26.0 Å². The van der Waals surface area contributed by atoms with E-state index < -0.39 is 25.3 Å². The van der Waals surface area contributed by atoms with Gasteiger partial charge in [-0.3, -0.25) is 24.0 Å². The first-order valence-electron chi connectivity index (χ1n) is 8.04. The Morgan fingerprint density at radius 3 is 2.59 bits per heavy atom. The van der Waals surface area contributed by atoms with Crippen LogP contribution in [0.3, 0.4) is 0 Å². The predicted octanol–water partition coefficient (Wildman–Crippen LogP) is -1.07. The van der Waals surface area contributed by atoms with Crippen molar-refractivity contribution in [1.29, 1.82) is 0 Å². The number of rotatable bonds is 11. The molecule has 0 atom stereocenters. The van der Waals surface area contributed by atoms with Crippen molar-refractivity contribution in [2.45, 2.75) is 6.92 Å². The second-order valence-electron chi connectivity index (χ2n) is 5.53. The van der Waals surface area contributed by atoms with E-state index in [0.29, 0.717) is 0 Å². The molecule has 1 aromatic rings. The summed E-state index contributed by atoms with van der Waals surface area (Å²) < 4.78 is 16.0. The molecule has 0 aliphatic rings. The van der Waals surface area contributed by atoms with Gasteiger partial charge in [0.1, 0.15) is 5.69 Å². The number of H-pyrrole nitrogens is 1. The van der Waals surface area contributed by atoms with E-state index in [1.54, 1.807) is 6.92 Å². The number of anilines is 3. The Hall–Kier alpha value is -2.40. The first kappa shape index (κ1) is 22.6. The van der Waals surface area contributed by atoms with Crippen molar-refractivity contribution in [3.8, 4) is 0 Å². The van der Waals surface area contributed by atoms with Crippen molar-refractivity contribution in [3.05, 3.63) is 23.1 Å². The van der Waals surface area contributed by atoms with Crippen molar-refractivity contribution in [2.24, 2.45) is 0 Å². The smallest absolute Gasteiger partial charge is 0.326 e. The molecule has 0 saturated carbocycles. The highest BCUT2D eigenvalue weighted by molar-refractivity contribution is 7.51. The average molecular weight is 404 g/mol.